The lowest BCUT2D eigenvalue weighted by Crippen LogP contribution is -2.33. The van der Waals surface area contributed by atoms with Crippen molar-refractivity contribution >= 4 is 5.91 Å². The Morgan fingerprint density at radius 2 is 1.72 bits per heavy atom. The summed E-state index contributed by atoms with van der Waals surface area (Å²) in [5.41, 5.74) is 2.06. The van der Waals surface area contributed by atoms with Gasteiger partial charge in [-0.2, -0.15) is 0 Å². The second-order valence-corrected chi connectivity index (χ2v) is 5.79. The van der Waals surface area contributed by atoms with Crippen molar-refractivity contribution in [2.45, 2.75) is 13.2 Å². The van der Waals surface area contributed by atoms with Gasteiger partial charge >= 0.3 is 5.63 Å². The molecule has 0 bridgehead atoms. The number of ether oxygens (including phenoxy) is 1. The van der Waals surface area contributed by atoms with Crippen molar-refractivity contribution < 1.29 is 13.9 Å². The van der Waals surface area contributed by atoms with Crippen molar-refractivity contribution in [3.05, 3.63) is 76.6 Å². The van der Waals surface area contributed by atoms with Crippen LogP contribution >= 0.6 is 0 Å². The third-order valence-corrected chi connectivity index (χ3v) is 4.05. The first-order valence-corrected chi connectivity index (χ1v) is 7.90. The van der Waals surface area contributed by atoms with Gasteiger partial charge in [-0.15, -0.1) is 0 Å². The summed E-state index contributed by atoms with van der Waals surface area (Å²) in [7, 11) is 0. The first kappa shape index (κ1) is 15.2. The third-order valence-electron chi connectivity index (χ3n) is 4.05. The molecule has 3 aromatic rings. The molecule has 5 heteroatoms. The zero-order valence-electron chi connectivity index (χ0n) is 13.5. The molecule has 1 aliphatic heterocycles. The van der Waals surface area contributed by atoms with Crippen LogP contribution in [0, 0.1) is 0 Å². The quantitative estimate of drug-likeness (QED) is 0.779. The molecule has 0 radical (unpaired) electrons. The summed E-state index contributed by atoms with van der Waals surface area (Å²) in [6.07, 6.45) is -0.714. The van der Waals surface area contributed by atoms with Gasteiger partial charge in [0.05, 0.1) is 16.7 Å². The van der Waals surface area contributed by atoms with Crippen LogP contribution in [0.25, 0.3) is 22.5 Å². The predicted octanol–water partition coefficient (Wildman–Crippen LogP) is 3.50. The van der Waals surface area contributed by atoms with Crippen molar-refractivity contribution in [3.8, 4) is 28.2 Å². The molecule has 124 valence electrons. The van der Waals surface area contributed by atoms with Gasteiger partial charge in [-0.3, -0.25) is 4.79 Å². The van der Waals surface area contributed by atoms with E-state index in [9.17, 15) is 9.59 Å². The van der Waals surface area contributed by atoms with E-state index in [1.807, 2.05) is 48.5 Å². The highest BCUT2D eigenvalue weighted by Crippen LogP contribution is 2.41. The van der Waals surface area contributed by atoms with E-state index < -0.39 is 11.9 Å². The summed E-state index contributed by atoms with van der Waals surface area (Å²) < 4.78 is 11.5. The average molecular weight is 333 g/mol. The minimum atomic E-state index is -0.714. The van der Waals surface area contributed by atoms with Gasteiger partial charge in [-0.25, -0.2) is 4.79 Å². The summed E-state index contributed by atoms with van der Waals surface area (Å²) in [6, 6.07) is 18.3. The van der Waals surface area contributed by atoms with Crippen molar-refractivity contribution in [1.29, 1.82) is 0 Å². The van der Waals surface area contributed by atoms with E-state index in [1.165, 1.54) is 6.92 Å². The highest BCUT2D eigenvalue weighted by atomic mass is 16.5. The standard InChI is InChI=1S/C20H15NO4/c1-12(22)21-19-16-11-15(13-7-3-2-4-8-13)20(23)25-18(16)14-9-5-6-10-17(14)24-19/h2-11,19H,1H3,(H,21,22). The van der Waals surface area contributed by atoms with Gasteiger partial charge in [0.25, 0.3) is 0 Å². The molecule has 0 saturated carbocycles. The number of carbonyl (C=O) groups excluding carboxylic acids is 1. The fraction of sp³-hybridized carbons (Fsp3) is 0.100. The Kier molecular flexibility index (Phi) is 3.61. The highest BCUT2D eigenvalue weighted by Gasteiger charge is 2.30. The number of para-hydroxylation sites is 1. The molecule has 25 heavy (non-hydrogen) atoms. The fourth-order valence-electron chi connectivity index (χ4n) is 2.95. The number of amides is 1. The van der Waals surface area contributed by atoms with Gasteiger partial charge in [0.1, 0.15) is 5.75 Å². The average Bonchev–Trinajstić information content (AvgIpc) is 2.61. The Morgan fingerprint density at radius 3 is 2.48 bits per heavy atom. The number of nitrogens with one attached hydrogen (secondary N) is 1. The minimum Gasteiger partial charge on any atom is -0.465 e. The maximum absolute atomic E-state index is 12.5. The summed E-state index contributed by atoms with van der Waals surface area (Å²) >= 11 is 0. The van der Waals surface area contributed by atoms with Gasteiger partial charge in [-0.05, 0) is 23.8 Å². The van der Waals surface area contributed by atoms with Gasteiger partial charge in [0, 0.05) is 6.92 Å². The Morgan fingerprint density at radius 1 is 1.00 bits per heavy atom. The van der Waals surface area contributed by atoms with Crippen LogP contribution in [-0.2, 0) is 4.79 Å². The second kappa shape index (κ2) is 5.94. The predicted molar refractivity (Wildman–Crippen MR) is 93.0 cm³/mol. The van der Waals surface area contributed by atoms with Crippen LogP contribution in [0.5, 0.6) is 5.75 Å². The number of fused-ring (bicyclic) bond motifs is 3. The van der Waals surface area contributed by atoms with E-state index in [4.69, 9.17) is 9.15 Å². The van der Waals surface area contributed by atoms with Crippen molar-refractivity contribution in [2.75, 3.05) is 0 Å². The lowest BCUT2D eigenvalue weighted by Gasteiger charge is -2.27. The lowest BCUT2D eigenvalue weighted by molar-refractivity contribution is -0.121. The third kappa shape index (κ3) is 2.70. The molecule has 2 heterocycles. The molecule has 0 aliphatic carbocycles. The van der Waals surface area contributed by atoms with Crippen LogP contribution in [0.2, 0.25) is 0 Å². The highest BCUT2D eigenvalue weighted by molar-refractivity contribution is 5.77. The first-order valence-electron chi connectivity index (χ1n) is 7.90. The molecule has 1 aromatic heterocycles. The Bertz CT molecular complexity index is 1010. The molecule has 1 unspecified atom stereocenters. The van der Waals surface area contributed by atoms with Crippen molar-refractivity contribution in [3.63, 3.8) is 0 Å². The lowest BCUT2D eigenvalue weighted by atomic mass is 9.98. The fourth-order valence-corrected chi connectivity index (χ4v) is 2.95. The van der Waals surface area contributed by atoms with Gasteiger partial charge in [0.15, 0.2) is 5.76 Å². The summed E-state index contributed by atoms with van der Waals surface area (Å²) in [5, 5.41) is 2.75. The first-order chi connectivity index (χ1) is 12.1. The van der Waals surface area contributed by atoms with Gasteiger partial charge < -0.3 is 14.5 Å². The zero-order chi connectivity index (χ0) is 17.4. The zero-order valence-corrected chi connectivity index (χ0v) is 13.5. The molecular formula is C20H15NO4. The van der Waals surface area contributed by atoms with E-state index in [1.54, 1.807) is 12.1 Å². The molecular weight excluding hydrogens is 318 g/mol. The van der Waals surface area contributed by atoms with Gasteiger partial charge in [-0.1, -0.05) is 42.5 Å². The van der Waals surface area contributed by atoms with Crippen LogP contribution < -0.4 is 15.7 Å². The van der Waals surface area contributed by atoms with Crippen molar-refractivity contribution in [1.82, 2.24) is 5.32 Å². The number of hydrogen-bond donors (Lipinski definition) is 1. The Labute approximate surface area is 143 Å². The van der Waals surface area contributed by atoms with E-state index in [0.29, 0.717) is 28.2 Å². The van der Waals surface area contributed by atoms with Crippen LogP contribution in [0.4, 0.5) is 0 Å². The molecule has 0 fully saturated rings. The molecule has 2 aromatic carbocycles. The molecule has 0 spiro atoms. The summed E-state index contributed by atoms with van der Waals surface area (Å²) in [6.45, 7) is 1.42. The van der Waals surface area contributed by atoms with Crippen LogP contribution in [0.15, 0.2) is 69.9 Å². The molecule has 1 N–H and O–H groups in total. The van der Waals surface area contributed by atoms with Crippen LogP contribution in [0.3, 0.4) is 0 Å². The maximum atomic E-state index is 12.5. The van der Waals surface area contributed by atoms with E-state index >= 15 is 0 Å². The maximum Gasteiger partial charge on any atom is 0.344 e. The number of rotatable bonds is 2. The molecule has 0 saturated heterocycles. The van der Waals surface area contributed by atoms with E-state index in [0.717, 1.165) is 5.56 Å². The van der Waals surface area contributed by atoms with Crippen molar-refractivity contribution in [2.24, 2.45) is 0 Å². The molecule has 4 rings (SSSR count). The largest absolute Gasteiger partial charge is 0.465 e. The minimum absolute atomic E-state index is 0.234. The molecule has 1 amide bonds. The number of carbonyl (C=O) groups is 1. The number of hydrogen-bond acceptors (Lipinski definition) is 4. The summed E-state index contributed by atoms with van der Waals surface area (Å²) in [5.74, 6) is 0.748. The van der Waals surface area contributed by atoms with Gasteiger partial charge in [0.2, 0.25) is 12.1 Å². The molecule has 1 aliphatic rings. The SMILES string of the molecule is CC(=O)NC1Oc2ccccc2-c2oc(=O)c(-c3ccccc3)cc21. The van der Waals surface area contributed by atoms with Crippen LogP contribution in [0.1, 0.15) is 18.7 Å². The molecule has 1 atom stereocenters. The normalized spacial score (nSPS) is 14.8. The second-order valence-electron chi connectivity index (χ2n) is 5.79. The van der Waals surface area contributed by atoms with E-state index in [2.05, 4.69) is 5.32 Å². The molecule has 5 nitrogen and oxygen atoms in total. The summed E-state index contributed by atoms with van der Waals surface area (Å²) in [4.78, 5) is 24.1. The van der Waals surface area contributed by atoms with E-state index in [-0.39, 0.29) is 5.91 Å². The smallest absolute Gasteiger partial charge is 0.344 e. The Hall–Kier alpha value is -3.34. The monoisotopic (exact) mass is 333 g/mol. The topological polar surface area (TPSA) is 68.5 Å². The Balaban J connectivity index is 1.94. The van der Waals surface area contributed by atoms with Crippen LogP contribution in [-0.4, -0.2) is 5.91 Å². The number of benzene rings is 2.